The highest BCUT2D eigenvalue weighted by molar-refractivity contribution is 5.76. The van der Waals surface area contributed by atoms with Crippen LogP contribution in [-0.4, -0.2) is 5.97 Å². The minimum Gasteiger partial charge on any atom is -0.457 e. The van der Waals surface area contributed by atoms with Gasteiger partial charge in [0.1, 0.15) is 6.10 Å². The molecule has 1 fully saturated rings. The summed E-state index contributed by atoms with van der Waals surface area (Å²) in [6, 6.07) is 10.3. The van der Waals surface area contributed by atoms with Gasteiger partial charge in [-0.25, -0.2) is 0 Å². The highest BCUT2D eigenvalue weighted by Gasteiger charge is 2.33. The van der Waals surface area contributed by atoms with Gasteiger partial charge in [-0.1, -0.05) is 56.5 Å². The van der Waals surface area contributed by atoms with Crippen molar-refractivity contribution in [3.05, 3.63) is 35.9 Å². The maximum Gasteiger partial charge on any atom is 0.312 e. The van der Waals surface area contributed by atoms with Crippen molar-refractivity contribution in [1.82, 2.24) is 0 Å². The van der Waals surface area contributed by atoms with Crippen molar-refractivity contribution in [2.24, 2.45) is 11.3 Å². The molecule has 116 valence electrons. The van der Waals surface area contributed by atoms with E-state index >= 15 is 0 Å². The molecular weight excluding hydrogens is 260 g/mol. The van der Waals surface area contributed by atoms with Gasteiger partial charge in [0.2, 0.25) is 0 Å². The third-order valence-electron chi connectivity index (χ3n) is 4.88. The zero-order chi connectivity index (χ0) is 15.3. The molecule has 2 heteroatoms. The highest BCUT2D eigenvalue weighted by atomic mass is 16.5. The molecular formula is C19H28O2. The quantitative estimate of drug-likeness (QED) is 0.688. The summed E-state index contributed by atoms with van der Waals surface area (Å²) in [6.07, 6.45) is 6.87. The maximum atomic E-state index is 12.5. The van der Waals surface area contributed by atoms with Crippen molar-refractivity contribution >= 4 is 5.97 Å². The lowest BCUT2D eigenvalue weighted by Crippen LogP contribution is -2.30. The molecule has 1 unspecified atom stereocenters. The van der Waals surface area contributed by atoms with Crippen molar-refractivity contribution in [1.29, 1.82) is 0 Å². The summed E-state index contributed by atoms with van der Waals surface area (Å²) < 4.78 is 5.99. The molecule has 1 saturated carbocycles. The van der Waals surface area contributed by atoms with E-state index in [1.807, 2.05) is 39.0 Å². The number of ether oxygens (including phenoxy) is 1. The molecule has 2 nitrogen and oxygen atoms in total. The van der Waals surface area contributed by atoms with Crippen LogP contribution in [-0.2, 0) is 9.53 Å². The number of benzene rings is 1. The molecule has 0 radical (unpaired) electrons. The van der Waals surface area contributed by atoms with Gasteiger partial charge in [0.25, 0.3) is 0 Å². The number of esters is 1. The van der Waals surface area contributed by atoms with Crippen molar-refractivity contribution in [3.8, 4) is 0 Å². The van der Waals surface area contributed by atoms with Crippen LogP contribution >= 0.6 is 0 Å². The monoisotopic (exact) mass is 288 g/mol. The van der Waals surface area contributed by atoms with Gasteiger partial charge in [-0.2, -0.15) is 0 Å². The van der Waals surface area contributed by atoms with Crippen molar-refractivity contribution < 1.29 is 9.53 Å². The van der Waals surface area contributed by atoms with Gasteiger partial charge >= 0.3 is 5.97 Å². The van der Waals surface area contributed by atoms with E-state index in [9.17, 15) is 4.79 Å². The normalized spacial score (nSPS) is 18.2. The Kier molecular flexibility index (Phi) is 5.44. The number of rotatable bonds is 5. The Bertz CT molecular complexity index is 444. The molecule has 0 aliphatic heterocycles. The summed E-state index contributed by atoms with van der Waals surface area (Å²) in [4.78, 5) is 12.5. The molecule has 0 N–H and O–H groups in total. The largest absolute Gasteiger partial charge is 0.457 e. The standard InChI is InChI=1S/C19H28O2/c1-4-19(2,3)18(20)21-17(15-11-7-5-8-12-15)16-13-9-6-10-14-16/h5,7-8,11-12,16-17H,4,6,9-10,13-14H2,1-3H3. The lowest BCUT2D eigenvalue weighted by molar-refractivity contribution is -0.164. The van der Waals surface area contributed by atoms with Crippen LogP contribution in [0.25, 0.3) is 0 Å². The molecule has 0 bridgehead atoms. The average molecular weight is 288 g/mol. The number of hydrogen-bond donors (Lipinski definition) is 0. The van der Waals surface area contributed by atoms with E-state index in [-0.39, 0.29) is 12.1 Å². The van der Waals surface area contributed by atoms with Gasteiger partial charge in [-0.3, -0.25) is 4.79 Å². The Hall–Kier alpha value is -1.31. The second-order valence-electron chi connectivity index (χ2n) is 6.87. The summed E-state index contributed by atoms with van der Waals surface area (Å²) in [5.74, 6) is 0.405. The Morgan fingerprint density at radius 2 is 1.81 bits per heavy atom. The highest BCUT2D eigenvalue weighted by Crippen LogP contribution is 2.38. The molecule has 1 atom stereocenters. The lowest BCUT2D eigenvalue weighted by atomic mass is 9.82. The molecule has 1 aromatic carbocycles. The molecule has 0 saturated heterocycles. The third kappa shape index (κ3) is 4.09. The molecule has 1 aromatic rings. The fourth-order valence-electron chi connectivity index (χ4n) is 2.94. The number of hydrogen-bond acceptors (Lipinski definition) is 2. The second-order valence-corrected chi connectivity index (χ2v) is 6.87. The fraction of sp³-hybridized carbons (Fsp3) is 0.632. The van der Waals surface area contributed by atoms with Gasteiger partial charge < -0.3 is 4.74 Å². The maximum absolute atomic E-state index is 12.5. The first-order chi connectivity index (χ1) is 10.0. The summed E-state index contributed by atoms with van der Waals surface area (Å²) in [5, 5.41) is 0. The van der Waals surface area contributed by atoms with E-state index in [2.05, 4.69) is 12.1 Å². The van der Waals surface area contributed by atoms with Crippen LogP contribution in [0.3, 0.4) is 0 Å². The van der Waals surface area contributed by atoms with Gasteiger partial charge in [-0.05, 0) is 38.7 Å². The van der Waals surface area contributed by atoms with Crippen LogP contribution in [0.1, 0.15) is 71.0 Å². The predicted octanol–water partition coefficient (Wildman–Crippen LogP) is 5.29. The van der Waals surface area contributed by atoms with E-state index in [1.54, 1.807) is 0 Å². The molecule has 1 aliphatic rings. The van der Waals surface area contributed by atoms with Crippen LogP contribution in [0.2, 0.25) is 0 Å². The lowest BCUT2D eigenvalue weighted by Gasteiger charge is -2.33. The van der Waals surface area contributed by atoms with Gasteiger partial charge in [0, 0.05) is 5.92 Å². The summed E-state index contributed by atoms with van der Waals surface area (Å²) >= 11 is 0. The minimum absolute atomic E-state index is 0.0653. The van der Waals surface area contributed by atoms with Crippen molar-refractivity contribution in [2.75, 3.05) is 0 Å². The van der Waals surface area contributed by atoms with Gasteiger partial charge in [0.15, 0.2) is 0 Å². The number of carbonyl (C=O) groups excluding carboxylic acids is 1. The smallest absolute Gasteiger partial charge is 0.312 e. The van der Waals surface area contributed by atoms with Crippen LogP contribution in [0.5, 0.6) is 0 Å². The molecule has 0 aromatic heterocycles. The first-order valence-electron chi connectivity index (χ1n) is 8.30. The average Bonchev–Trinajstić information content (AvgIpc) is 2.54. The van der Waals surface area contributed by atoms with Crippen molar-refractivity contribution in [3.63, 3.8) is 0 Å². The topological polar surface area (TPSA) is 26.3 Å². The molecule has 1 aliphatic carbocycles. The Labute approximate surface area is 128 Å². The van der Waals surface area contributed by atoms with E-state index in [4.69, 9.17) is 4.74 Å². The van der Waals surface area contributed by atoms with Crippen LogP contribution in [0, 0.1) is 11.3 Å². The van der Waals surface area contributed by atoms with E-state index in [0.29, 0.717) is 5.92 Å². The molecule has 0 amide bonds. The van der Waals surface area contributed by atoms with Gasteiger partial charge in [-0.15, -0.1) is 0 Å². The van der Waals surface area contributed by atoms with Gasteiger partial charge in [0.05, 0.1) is 5.41 Å². The minimum atomic E-state index is -0.401. The second kappa shape index (κ2) is 7.11. The van der Waals surface area contributed by atoms with E-state index in [0.717, 1.165) is 12.0 Å². The predicted molar refractivity (Wildman–Crippen MR) is 85.9 cm³/mol. The SMILES string of the molecule is CCC(C)(C)C(=O)OC(c1ccccc1)C1CCCCC1. The van der Waals surface area contributed by atoms with Crippen LogP contribution in [0.15, 0.2) is 30.3 Å². The third-order valence-corrected chi connectivity index (χ3v) is 4.88. The molecule has 2 rings (SSSR count). The number of carbonyl (C=O) groups is 1. The Balaban J connectivity index is 2.18. The summed E-state index contributed by atoms with van der Waals surface area (Å²) in [6.45, 7) is 5.98. The first-order valence-corrected chi connectivity index (χ1v) is 8.30. The van der Waals surface area contributed by atoms with Crippen LogP contribution < -0.4 is 0 Å². The van der Waals surface area contributed by atoms with Crippen molar-refractivity contribution in [2.45, 2.75) is 65.4 Å². The Morgan fingerprint density at radius 3 is 2.38 bits per heavy atom. The molecule has 0 heterocycles. The summed E-state index contributed by atoms with van der Waals surface area (Å²) in [7, 11) is 0. The van der Waals surface area contributed by atoms with E-state index < -0.39 is 5.41 Å². The van der Waals surface area contributed by atoms with Crippen LogP contribution in [0.4, 0.5) is 0 Å². The zero-order valence-corrected chi connectivity index (χ0v) is 13.6. The summed E-state index contributed by atoms with van der Waals surface area (Å²) in [5.41, 5.74) is 0.742. The molecule has 21 heavy (non-hydrogen) atoms. The van der Waals surface area contributed by atoms with E-state index in [1.165, 1.54) is 32.1 Å². The molecule has 0 spiro atoms. The fourth-order valence-corrected chi connectivity index (χ4v) is 2.94. The Morgan fingerprint density at radius 1 is 1.19 bits per heavy atom. The zero-order valence-electron chi connectivity index (χ0n) is 13.6. The first kappa shape index (κ1) is 16.1.